The lowest BCUT2D eigenvalue weighted by atomic mass is 10.3. The molecule has 0 saturated carbocycles. The molecule has 0 spiro atoms. The predicted molar refractivity (Wildman–Crippen MR) is 76.2 cm³/mol. The Morgan fingerprint density at radius 1 is 1.40 bits per heavy atom. The average Bonchev–Trinajstić information content (AvgIpc) is 2.80. The highest BCUT2D eigenvalue weighted by Gasteiger charge is 2.05. The zero-order chi connectivity index (χ0) is 14.5. The Hall–Kier alpha value is -2.97. The van der Waals surface area contributed by atoms with Gasteiger partial charge in [0.05, 0.1) is 15.9 Å². The third-order valence-electron chi connectivity index (χ3n) is 2.18. The Morgan fingerprint density at radius 2 is 2.15 bits per heavy atom. The smallest absolute Gasteiger partial charge is 0.237 e. The first-order valence-electron chi connectivity index (χ1n) is 5.44. The van der Waals surface area contributed by atoms with E-state index < -0.39 is 0 Å². The third kappa shape index (κ3) is 3.07. The normalized spacial score (nSPS) is 9.35. The molecule has 2 N–H and O–H groups in total. The highest BCUT2D eigenvalue weighted by atomic mass is 32.1. The van der Waals surface area contributed by atoms with Gasteiger partial charge in [0.1, 0.15) is 12.1 Å². The summed E-state index contributed by atoms with van der Waals surface area (Å²) >= 11 is 1.36. The molecular weight excluding hydrogens is 276 g/mol. The Labute approximate surface area is 118 Å². The van der Waals surface area contributed by atoms with Gasteiger partial charge in [0.15, 0.2) is 5.13 Å². The van der Waals surface area contributed by atoms with Crippen LogP contribution in [0.3, 0.4) is 0 Å². The molecule has 0 unspecified atom stereocenters. The molecule has 98 valence electrons. The van der Waals surface area contributed by atoms with Crippen molar-refractivity contribution >= 4 is 44.0 Å². The lowest BCUT2D eigenvalue weighted by Gasteiger charge is -1.98. The molecule has 2 aromatic rings. The van der Waals surface area contributed by atoms with Crippen LogP contribution < -0.4 is 10.7 Å². The maximum absolute atomic E-state index is 11.0. The average molecular weight is 284 g/mol. The van der Waals surface area contributed by atoms with Crippen molar-refractivity contribution in [3.63, 3.8) is 0 Å². The number of nitrogens with zero attached hydrogens (tertiary/aromatic N) is 4. The van der Waals surface area contributed by atoms with E-state index >= 15 is 0 Å². The summed E-state index contributed by atoms with van der Waals surface area (Å²) in [4.78, 5) is 15.2. The molecule has 1 amide bonds. The molecule has 1 heterocycles. The SMILES string of the molecule is CC(=O)Nc1nc2cc(NN=C(C#N)C#N)ccc2s1. The van der Waals surface area contributed by atoms with Crippen molar-refractivity contribution in [1.82, 2.24) is 4.98 Å². The zero-order valence-corrected chi connectivity index (χ0v) is 11.2. The van der Waals surface area contributed by atoms with E-state index in [4.69, 9.17) is 10.5 Å². The summed E-state index contributed by atoms with van der Waals surface area (Å²) in [7, 11) is 0. The topological polar surface area (TPSA) is 114 Å². The van der Waals surface area contributed by atoms with Crippen molar-refractivity contribution < 1.29 is 4.79 Å². The van der Waals surface area contributed by atoms with Crippen molar-refractivity contribution in [3.8, 4) is 12.1 Å². The van der Waals surface area contributed by atoms with E-state index in [9.17, 15) is 4.79 Å². The number of carbonyl (C=O) groups is 1. The minimum Gasteiger partial charge on any atom is -0.302 e. The van der Waals surface area contributed by atoms with Gasteiger partial charge in [-0.05, 0) is 18.2 Å². The molecule has 0 aliphatic carbocycles. The molecule has 0 radical (unpaired) electrons. The summed E-state index contributed by atoms with van der Waals surface area (Å²) in [6, 6.07) is 8.57. The summed E-state index contributed by atoms with van der Waals surface area (Å²) in [5, 5.41) is 23.9. The number of thiazole rings is 1. The van der Waals surface area contributed by atoms with E-state index in [0.29, 0.717) is 16.3 Å². The first-order chi connectivity index (χ1) is 9.62. The Kier molecular flexibility index (Phi) is 3.89. The molecule has 0 fully saturated rings. The molecule has 8 heteroatoms. The highest BCUT2D eigenvalue weighted by molar-refractivity contribution is 7.22. The molecule has 7 nitrogen and oxygen atoms in total. The van der Waals surface area contributed by atoms with Crippen molar-refractivity contribution in [3.05, 3.63) is 18.2 Å². The van der Waals surface area contributed by atoms with E-state index in [1.807, 2.05) is 6.07 Å². The number of aromatic nitrogens is 1. The van der Waals surface area contributed by atoms with Crippen LogP contribution in [0.4, 0.5) is 10.8 Å². The van der Waals surface area contributed by atoms with Crippen LogP contribution in [0.5, 0.6) is 0 Å². The second-order valence-electron chi connectivity index (χ2n) is 3.68. The molecular formula is C12H8N6OS. The van der Waals surface area contributed by atoms with Gasteiger partial charge in [-0.15, -0.1) is 0 Å². The van der Waals surface area contributed by atoms with Crippen molar-refractivity contribution in [2.45, 2.75) is 6.92 Å². The quantitative estimate of drug-likeness (QED) is 0.661. The van der Waals surface area contributed by atoms with E-state index in [1.54, 1.807) is 24.3 Å². The first-order valence-corrected chi connectivity index (χ1v) is 6.26. The second-order valence-corrected chi connectivity index (χ2v) is 4.71. The van der Waals surface area contributed by atoms with Gasteiger partial charge in [-0.3, -0.25) is 10.2 Å². The number of amides is 1. The maximum atomic E-state index is 11.0. The van der Waals surface area contributed by atoms with Crippen molar-refractivity contribution in [2.75, 3.05) is 10.7 Å². The number of fused-ring (bicyclic) bond motifs is 1. The third-order valence-corrected chi connectivity index (χ3v) is 3.13. The number of anilines is 2. The van der Waals surface area contributed by atoms with E-state index in [2.05, 4.69) is 20.8 Å². The van der Waals surface area contributed by atoms with Gasteiger partial charge in [0.25, 0.3) is 0 Å². The molecule has 0 bridgehead atoms. The van der Waals surface area contributed by atoms with Crippen LogP contribution in [0.15, 0.2) is 23.3 Å². The lowest BCUT2D eigenvalue weighted by molar-refractivity contribution is -0.114. The highest BCUT2D eigenvalue weighted by Crippen LogP contribution is 2.28. The van der Waals surface area contributed by atoms with Crippen LogP contribution >= 0.6 is 11.3 Å². The number of nitrogens with one attached hydrogen (secondary N) is 2. The van der Waals surface area contributed by atoms with E-state index in [1.165, 1.54) is 18.3 Å². The maximum Gasteiger partial charge on any atom is 0.237 e. The molecule has 0 saturated heterocycles. The molecule has 1 aromatic carbocycles. The minimum absolute atomic E-state index is 0.181. The molecule has 2 rings (SSSR count). The predicted octanol–water partition coefficient (Wildman–Crippen LogP) is 2.07. The van der Waals surface area contributed by atoms with Gasteiger partial charge in [-0.25, -0.2) is 4.98 Å². The summed E-state index contributed by atoms with van der Waals surface area (Å²) in [6.07, 6.45) is 0. The summed E-state index contributed by atoms with van der Waals surface area (Å²) < 4.78 is 0.907. The van der Waals surface area contributed by atoms with Crippen LogP contribution in [0.25, 0.3) is 10.2 Å². The molecule has 0 atom stereocenters. The second kappa shape index (κ2) is 5.78. The standard InChI is InChI=1S/C12H8N6OS/c1-7(19)15-12-16-10-4-8(2-3-11(10)20-12)17-18-9(5-13)6-14/h2-4,17H,1H3,(H,15,16,19). The molecule has 0 aliphatic rings. The summed E-state index contributed by atoms with van der Waals surface area (Å²) in [5.41, 5.74) is 3.63. The first kappa shape index (κ1) is 13.5. The number of benzene rings is 1. The number of hydrazone groups is 1. The van der Waals surface area contributed by atoms with Gasteiger partial charge >= 0.3 is 0 Å². The van der Waals surface area contributed by atoms with E-state index in [0.717, 1.165) is 4.70 Å². The van der Waals surface area contributed by atoms with Crippen LogP contribution in [0.2, 0.25) is 0 Å². The van der Waals surface area contributed by atoms with Gasteiger partial charge in [-0.1, -0.05) is 11.3 Å². The fraction of sp³-hybridized carbons (Fsp3) is 0.0833. The Balaban J connectivity index is 2.26. The minimum atomic E-state index is -0.262. The monoisotopic (exact) mass is 284 g/mol. The van der Waals surface area contributed by atoms with Crippen LogP contribution in [-0.2, 0) is 4.79 Å². The fourth-order valence-corrected chi connectivity index (χ4v) is 2.29. The van der Waals surface area contributed by atoms with Gasteiger partial charge in [0, 0.05) is 6.92 Å². The number of rotatable bonds is 3. The van der Waals surface area contributed by atoms with Crippen LogP contribution in [-0.4, -0.2) is 16.6 Å². The van der Waals surface area contributed by atoms with Gasteiger partial charge in [0.2, 0.25) is 11.6 Å². The molecule has 0 aliphatic heterocycles. The van der Waals surface area contributed by atoms with Gasteiger partial charge in [-0.2, -0.15) is 15.6 Å². The van der Waals surface area contributed by atoms with Crippen LogP contribution in [0, 0.1) is 22.7 Å². The van der Waals surface area contributed by atoms with Crippen molar-refractivity contribution in [2.24, 2.45) is 5.10 Å². The number of carbonyl (C=O) groups excluding carboxylic acids is 1. The largest absolute Gasteiger partial charge is 0.302 e. The molecule has 20 heavy (non-hydrogen) atoms. The summed E-state index contributed by atoms with van der Waals surface area (Å²) in [6.45, 7) is 1.42. The molecule has 1 aromatic heterocycles. The van der Waals surface area contributed by atoms with Gasteiger partial charge < -0.3 is 5.32 Å². The number of nitriles is 2. The lowest BCUT2D eigenvalue weighted by Crippen LogP contribution is -2.04. The van der Waals surface area contributed by atoms with E-state index in [-0.39, 0.29) is 11.6 Å². The van der Waals surface area contributed by atoms with Crippen LogP contribution in [0.1, 0.15) is 6.92 Å². The fourth-order valence-electron chi connectivity index (χ4n) is 1.40. The number of hydrogen-bond acceptors (Lipinski definition) is 7. The summed E-state index contributed by atoms with van der Waals surface area (Å²) in [5.74, 6) is -0.181. The zero-order valence-electron chi connectivity index (χ0n) is 10.3. The van der Waals surface area contributed by atoms with Crippen molar-refractivity contribution in [1.29, 1.82) is 10.5 Å². The number of hydrogen-bond donors (Lipinski definition) is 2. The Bertz CT molecular complexity index is 763. The Morgan fingerprint density at radius 3 is 2.80 bits per heavy atom.